The van der Waals surface area contributed by atoms with Crippen molar-refractivity contribution in [3.8, 4) is 0 Å². The molecule has 60 heavy (non-hydrogen) atoms. The van der Waals surface area contributed by atoms with Crippen LogP contribution in [0.15, 0.2) is 65.9 Å². The second-order valence-electron chi connectivity index (χ2n) is 23.1. The minimum atomic E-state index is 0.558. The van der Waals surface area contributed by atoms with Gasteiger partial charge in [0.1, 0.15) is 0 Å². The van der Waals surface area contributed by atoms with E-state index in [1.165, 1.54) is 88.2 Å². The van der Waals surface area contributed by atoms with Crippen molar-refractivity contribution in [3.05, 3.63) is 138 Å². The Morgan fingerprint density at radius 2 is 1.03 bits per heavy atom. The number of hydrogen-bond donors (Lipinski definition) is 0. The van der Waals surface area contributed by atoms with Crippen molar-refractivity contribution in [2.75, 3.05) is 0 Å². The first-order chi connectivity index (χ1) is 29.7. The summed E-state index contributed by atoms with van der Waals surface area (Å²) in [5.74, 6) is 9.46. The van der Waals surface area contributed by atoms with Crippen LogP contribution in [0.4, 0.5) is 0 Å². The molecule has 5 aromatic carbocycles. The minimum absolute atomic E-state index is 0.558. The van der Waals surface area contributed by atoms with Crippen LogP contribution in [0.25, 0.3) is 32.7 Å². The second kappa shape index (κ2) is 10.1. The lowest BCUT2D eigenvalue weighted by Crippen LogP contribution is -2.52. The van der Waals surface area contributed by atoms with Gasteiger partial charge in [0, 0.05) is 36.0 Å². The first-order valence-electron chi connectivity index (χ1n) is 25.3. The van der Waals surface area contributed by atoms with E-state index in [1.54, 1.807) is 5.56 Å². The quantitative estimate of drug-likeness (QED) is 0.149. The number of allylic oxidation sites excluding steroid dienone is 3. The van der Waals surface area contributed by atoms with E-state index in [-0.39, 0.29) is 0 Å². The van der Waals surface area contributed by atoms with Gasteiger partial charge in [0.05, 0.1) is 0 Å². The zero-order chi connectivity index (χ0) is 38.3. The van der Waals surface area contributed by atoms with E-state index in [9.17, 15) is 0 Å². The first kappa shape index (κ1) is 31.7. The third kappa shape index (κ3) is 3.09. The smallest absolute Gasteiger partial charge is 0.0430 e. The summed E-state index contributed by atoms with van der Waals surface area (Å²) in [6.45, 7) is 5.96. The Bertz CT molecular complexity index is 3030. The molecular weight excluding hydrogens is 723 g/mol. The van der Waals surface area contributed by atoms with Crippen molar-refractivity contribution in [2.24, 2.45) is 23.7 Å². The highest BCUT2D eigenvalue weighted by Gasteiger charge is 2.66. The fraction of sp³-hybridized carbons (Fsp3) is 0.492. The van der Waals surface area contributed by atoms with Gasteiger partial charge in [0.15, 0.2) is 0 Å². The summed E-state index contributed by atoms with van der Waals surface area (Å²) >= 11 is 0. The Balaban J connectivity index is 0.871. The van der Waals surface area contributed by atoms with Crippen LogP contribution in [0.1, 0.15) is 216 Å². The maximum Gasteiger partial charge on any atom is 0.0430 e. The average molecular weight is 778 g/mol. The molecule has 2 bridgehead atoms. The molecule has 1 saturated heterocycles. The molecule has 5 aromatic rings. The Labute approximate surface area is 354 Å². The predicted molar refractivity (Wildman–Crippen MR) is 242 cm³/mol. The lowest BCUT2D eigenvalue weighted by Gasteiger charge is -2.57. The molecule has 2 aliphatic heterocycles. The molecule has 13 aliphatic rings. The molecule has 0 N–H and O–H groups in total. The van der Waals surface area contributed by atoms with Crippen molar-refractivity contribution in [1.29, 1.82) is 0 Å². The Morgan fingerprint density at radius 3 is 1.67 bits per heavy atom. The van der Waals surface area contributed by atoms with Crippen LogP contribution in [-0.2, 0) is 6.54 Å². The molecule has 0 spiro atoms. The summed E-state index contributed by atoms with van der Waals surface area (Å²) < 4.78 is 0. The number of rotatable bonds is 7. The normalized spacial score (nSPS) is 37.4. The van der Waals surface area contributed by atoms with Gasteiger partial charge in [-0.3, -0.25) is 0 Å². The summed E-state index contributed by atoms with van der Waals surface area (Å²) in [5.41, 5.74) is 31.9. The van der Waals surface area contributed by atoms with E-state index in [0.717, 1.165) is 59.8 Å². The molecular formula is C59H55N. The number of piperidine rings is 1. The highest BCUT2D eigenvalue weighted by atomic mass is 15.2. The van der Waals surface area contributed by atoms with Gasteiger partial charge in [-0.15, -0.1) is 0 Å². The number of fused-ring (bicyclic) bond motifs is 6. The average Bonchev–Trinajstić information content (AvgIpc) is 4.06. The molecule has 11 aliphatic carbocycles. The van der Waals surface area contributed by atoms with Crippen molar-refractivity contribution in [3.63, 3.8) is 0 Å². The van der Waals surface area contributed by atoms with Crippen LogP contribution in [0.2, 0.25) is 0 Å². The standard InChI is InChI=1S/C59H55N/c1-3-27(29-7-5-4-6-8-29)23-25(2)28-11-9-26(10-12-28)24-60-39-22-21-37-36-18-17-33-32-14-13-30-31-15-16-34-35-19-20-38(39)47-46(35)51-43(34)42(31)49-40(30)41(32)50-44(33)45(36)52-48(37)59(60)58(47)57-55(51)53(49)54(50)56(52)57/h4-12,25,27,30-39,57-58H,3,13-24H2,1-2H3. The molecule has 0 saturated carbocycles. The van der Waals surface area contributed by atoms with Gasteiger partial charge in [-0.25, -0.2) is 0 Å². The zero-order valence-corrected chi connectivity index (χ0v) is 35.4. The van der Waals surface area contributed by atoms with E-state index in [2.05, 4.69) is 73.3 Å². The molecule has 18 rings (SSSR count). The SMILES string of the molecule is CCC(CC(C)c1ccc(CN2C3=C4c5c6c7c8c9c%10c%11c%12c%13c%14c%15c%11c8c5C%15C3C3=C%14C5CCC3C2CCC4C6CCC7C9CCC%10C%12CCC%135)cc1)c1ccccc1. The van der Waals surface area contributed by atoms with Gasteiger partial charge in [-0.2, -0.15) is 0 Å². The van der Waals surface area contributed by atoms with E-state index >= 15 is 0 Å². The third-order valence-electron chi connectivity index (χ3n) is 21.7. The van der Waals surface area contributed by atoms with Crippen molar-refractivity contribution >= 4 is 32.7 Å². The highest BCUT2D eigenvalue weighted by molar-refractivity contribution is 6.25. The van der Waals surface area contributed by atoms with Gasteiger partial charge in [0.2, 0.25) is 0 Å². The van der Waals surface area contributed by atoms with Gasteiger partial charge < -0.3 is 4.90 Å². The van der Waals surface area contributed by atoms with E-state index < -0.39 is 0 Å². The predicted octanol–water partition coefficient (Wildman–Crippen LogP) is 14.5. The third-order valence-corrected chi connectivity index (χ3v) is 21.7. The highest BCUT2D eigenvalue weighted by Crippen LogP contribution is 2.81. The summed E-state index contributed by atoms with van der Waals surface area (Å²) in [7, 11) is 0. The van der Waals surface area contributed by atoms with E-state index in [4.69, 9.17) is 0 Å². The molecule has 1 fully saturated rings. The lowest BCUT2D eigenvalue weighted by molar-refractivity contribution is 0.114. The van der Waals surface area contributed by atoms with Crippen molar-refractivity contribution in [2.45, 2.75) is 157 Å². The summed E-state index contributed by atoms with van der Waals surface area (Å²) in [5, 5.41) is 7.56. The summed E-state index contributed by atoms with van der Waals surface area (Å²) in [6, 6.07) is 22.2. The van der Waals surface area contributed by atoms with Gasteiger partial charge in [-0.1, -0.05) is 74.0 Å². The van der Waals surface area contributed by atoms with Crippen LogP contribution in [0, 0.1) is 23.7 Å². The van der Waals surface area contributed by atoms with Crippen LogP contribution < -0.4 is 0 Å². The maximum atomic E-state index is 3.18. The largest absolute Gasteiger partial charge is 0.366 e. The fourth-order valence-corrected chi connectivity index (χ4v) is 20.2. The lowest BCUT2D eigenvalue weighted by atomic mass is 9.56. The Morgan fingerprint density at radius 1 is 0.500 bits per heavy atom. The van der Waals surface area contributed by atoms with Crippen LogP contribution in [0.3, 0.4) is 0 Å². The van der Waals surface area contributed by atoms with E-state index in [0.29, 0.717) is 29.7 Å². The van der Waals surface area contributed by atoms with Gasteiger partial charge in [-0.05, 0) is 241 Å². The molecule has 14 atom stereocenters. The fourth-order valence-electron chi connectivity index (χ4n) is 20.2. The Kier molecular flexibility index (Phi) is 5.32. The van der Waals surface area contributed by atoms with Gasteiger partial charge >= 0.3 is 0 Å². The molecule has 0 aromatic heterocycles. The summed E-state index contributed by atoms with van der Waals surface area (Å²) in [4.78, 5) is 3.18. The maximum absolute atomic E-state index is 3.18. The molecule has 1 heteroatoms. The number of benzene rings is 5. The molecule has 296 valence electrons. The zero-order valence-electron chi connectivity index (χ0n) is 35.4. The first-order valence-corrected chi connectivity index (χ1v) is 25.3. The van der Waals surface area contributed by atoms with Crippen LogP contribution >= 0.6 is 0 Å². The molecule has 0 radical (unpaired) electrons. The molecule has 0 amide bonds. The Hall–Kier alpha value is -4.10. The van der Waals surface area contributed by atoms with Crippen LogP contribution in [-0.4, -0.2) is 10.9 Å². The van der Waals surface area contributed by atoms with Crippen molar-refractivity contribution < 1.29 is 0 Å². The second-order valence-corrected chi connectivity index (χ2v) is 23.1. The topological polar surface area (TPSA) is 3.24 Å². The van der Waals surface area contributed by atoms with Crippen molar-refractivity contribution in [1.82, 2.24) is 4.90 Å². The minimum Gasteiger partial charge on any atom is -0.366 e. The van der Waals surface area contributed by atoms with E-state index in [1.807, 2.05) is 99.6 Å². The molecule has 14 unspecified atom stereocenters. The number of hydrogen-bond acceptors (Lipinski definition) is 1. The summed E-state index contributed by atoms with van der Waals surface area (Å²) in [6.07, 6.45) is 16.9. The molecule has 1 nitrogen and oxygen atoms in total. The van der Waals surface area contributed by atoms with Gasteiger partial charge in [0.25, 0.3) is 0 Å². The monoisotopic (exact) mass is 777 g/mol. The van der Waals surface area contributed by atoms with Crippen LogP contribution in [0.5, 0.6) is 0 Å². The molecule has 2 heterocycles. The number of nitrogens with zero attached hydrogens (tertiary/aromatic N) is 1.